The average Bonchev–Trinajstić information content (AvgIpc) is 1.93. The van der Waals surface area contributed by atoms with E-state index in [0.29, 0.717) is 13.1 Å². The third kappa shape index (κ3) is 3.24. The van der Waals surface area contributed by atoms with Crippen molar-refractivity contribution in [2.24, 2.45) is 0 Å². The Balaban J connectivity index is 2.12. The maximum absolute atomic E-state index is 12.5. The van der Waals surface area contributed by atoms with Gasteiger partial charge >= 0.3 is 0 Å². The summed E-state index contributed by atoms with van der Waals surface area (Å²) in [6.07, 6.45) is -0.569. The van der Waals surface area contributed by atoms with Gasteiger partial charge in [0.1, 0.15) is 6.17 Å². The first kappa shape index (κ1) is 10.9. The fraction of sp³-hybridized carbons (Fsp3) is 1.00. The molecule has 0 bridgehead atoms. The Morgan fingerprint density at radius 2 is 1.92 bits per heavy atom. The van der Waals surface area contributed by atoms with Crippen molar-refractivity contribution in [1.82, 2.24) is 9.80 Å². The van der Waals surface area contributed by atoms with Crippen molar-refractivity contribution in [1.29, 1.82) is 0 Å². The lowest BCUT2D eigenvalue weighted by Crippen LogP contribution is -2.52. The molecule has 1 rings (SSSR count). The molecule has 1 heterocycles. The highest BCUT2D eigenvalue weighted by Gasteiger charge is 2.26. The summed E-state index contributed by atoms with van der Waals surface area (Å²) >= 11 is 0. The molecule has 0 aromatic rings. The van der Waals surface area contributed by atoms with E-state index in [1.54, 1.807) is 0 Å². The Morgan fingerprint density at radius 3 is 2.31 bits per heavy atom. The van der Waals surface area contributed by atoms with Crippen molar-refractivity contribution < 1.29 is 4.39 Å². The van der Waals surface area contributed by atoms with Gasteiger partial charge in [0.2, 0.25) is 0 Å². The summed E-state index contributed by atoms with van der Waals surface area (Å²) in [5.74, 6) is 0. The smallest absolute Gasteiger partial charge is 0.125 e. The molecule has 0 atom stereocenters. The predicted octanol–water partition coefficient (Wildman–Crippen LogP) is 1.37. The molecule has 0 amide bonds. The van der Waals surface area contributed by atoms with Crippen LogP contribution in [0.1, 0.15) is 20.8 Å². The number of likely N-dealkylation sites (N-methyl/N-ethyl adjacent to an activating group) is 1. The molecule has 0 aromatic carbocycles. The van der Waals surface area contributed by atoms with Crippen LogP contribution in [0.25, 0.3) is 0 Å². The maximum Gasteiger partial charge on any atom is 0.125 e. The van der Waals surface area contributed by atoms with E-state index < -0.39 is 6.17 Å². The number of alkyl halides is 1. The van der Waals surface area contributed by atoms with Gasteiger partial charge in [-0.1, -0.05) is 0 Å². The van der Waals surface area contributed by atoms with Crippen LogP contribution in [0.3, 0.4) is 0 Å². The van der Waals surface area contributed by atoms with E-state index in [9.17, 15) is 4.39 Å². The van der Waals surface area contributed by atoms with E-state index in [1.807, 2.05) is 0 Å². The molecule has 1 aliphatic heterocycles. The van der Waals surface area contributed by atoms with Crippen LogP contribution < -0.4 is 0 Å². The molecular formula is C10H21FN2. The number of rotatable bonds is 3. The molecule has 0 N–H and O–H groups in total. The van der Waals surface area contributed by atoms with Gasteiger partial charge in [-0.15, -0.1) is 0 Å². The normalized spacial score (nSPS) is 20.8. The van der Waals surface area contributed by atoms with E-state index in [0.717, 1.165) is 13.1 Å². The minimum absolute atomic E-state index is 0.222. The van der Waals surface area contributed by atoms with E-state index in [2.05, 4.69) is 37.6 Å². The Kier molecular flexibility index (Phi) is 3.30. The van der Waals surface area contributed by atoms with Gasteiger partial charge in [0, 0.05) is 31.7 Å². The number of halogens is 1. The van der Waals surface area contributed by atoms with Crippen molar-refractivity contribution >= 4 is 0 Å². The highest BCUT2D eigenvalue weighted by molar-refractivity contribution is 4.81. The molecule has 1 saturated heterocycles. The number of likely N-dealkylation sites (tertiary alicyclic amines) is 1. The number of hydrogen-bond donors (Lipinski definition) is 0. The van der Waals surface area contributed by atoms with Gasteiger partial charge in [0.25, 0.3) is 0 Å². The summed E-state index contributed by atoms with van der Waals surface area (Å²) in [6.45, 7) is 9.88. The highest BCUT2D eigenvalue weighted by Crippen LogP contribution is 2.13. The van der Waals surface area contributed by atoms with Crippen LogP contribution in [0.15, 0.2) is 0 Å². The minimum atomic E-state index is -0.569. The van der Waals surface area contributed by atoms with Crippen LogP contribution in [0.2, 0.25) is 0 Å². The van der Waals surface area contributed by atoms with Crippen LogP contribution in [-0.4, -0.2) is 54.7 Å². The van der Waals surface area contributed by atoms with Crippen LogP contribution in [0.5, 0.6) is 0 Å². The Labute approximate surface area is 80.7 Å². The molecule has 0 saturated carbocycles. The standard InChI is InChI=1S/C10H21FN2/c1-10(2,3)12(4)5-6-13-7-9(11)8-13/h9H,5-8H2,1-4H3. The molecule has 0 spiro atoms. The molecule has 1 aliphatic rings. The summed E-state index contributed by atoms with van der Waals surface area (Å²) in [5, 5.41) is 0. The fourth-order valence-electron chi connectivity index (χ4n) is 1.32. The third-order valence-electron chi connectivity index (χ3n) is 2.81. The Morgan fingerprint density at radius 1 is 1.38 bits per heavy atom. The van der Waals surface area contributed by atoms with Gasteiger partial charge in [0.05, 0.1) is 0 Å². The number of hydrogen-bond acceptors (Lipinski definition) is 2. The Bertz CT molecular complexity index is 159. The summed E-state index contributed by atoms with van der Waals surface area (Å²) in [4.78, 5) is 4.46. The lowest BCUT2D eigenvalue weighted by molar-refractivity contribution is 0.0482. The van der Waals surface area contributed by atoms with Gasteiger partial charge in [-0.2, -0.15) is 0 Å². The first-order valence-corrected chi connectivity index (χ1v) is 4.97. The Hall–Kier alpha value is -0.150. The molecule has 0 aromatic heterocycles. The second-order valence-electron chi connectivity index (χ2n) is 4.95. The zero-order valence-electron chi connectivity index (χ0n) is 9.18. The quantitative estimate of drug-likeness (QED) is 0.660. The topological polar surface area (TPSA) is 6.48 Å². The van der Waals surface area contributed by atoms with Gasteiger partial charge in [0.15, 0.2) is 0 Å². The van der Waals surface area contributed by atoms with E-state index in [4.69, 9.17) is 0 Å². The molecular weight excluding hydrogens is 167 g/mol. The van der Waals surface area contributed by atoms with Gasteiger partial charge < -0.3 is 4.90 Å². The molecule has 3 heteroatoms. The van der Waals surface area contributed by atoms with E-state index >= 15 is 0 Å². The largest absolute Gasteiger partial charge is 0.300 e. The predicted molar refractivity (Wildman–Crippen MR) is 53.7 cm³/mol. The minimum Gasteiger partial charge on any atom is -0.300 e. The maximum atomic E-state index is 12.5. The SMILES string of the molecule is CN(CCN1CC(F)C1)C(C)(C)C. The fourth-order valence-corrected chi connectivity index (χ4v) is 1.32. The van der Waals surface area contributed by atoms with Crippen molar-refractivity contribution in [2.45, 2.75) is 32.5 Å². The van der Waals surface area contributed by atoms with Crippen molar-refractivity contribution in [3.8, 4) is 0 Å². The zero-order chi connectivity index (χ0) is 10.1. The van der Waals surface area contributed by atoms with Gasteiger partial charge in [-0.05, 0) is 27.8 Å². The number of nitrogens with zero attached hydrogens (tertiary/aromatic N) is 2. The van der Waals surface area contributed by atoms with Crippen molar-refractivity contribution in [2.75, 3.05) is 33.2 Å². The summed E-state index contributed by atoms with van der Waals surface area (Å²) in [7, 11) is 2.12. The van der Waals surface area contributed by atoms with Crippen LogP contribution in [-0.2, 0) is 0 Å². The first-order valence-electron chi connectivity index (χ1n) is 4.97. The second-order valence-corrected chi connectivity index (χ2v) is 4.95. The first-order chi connectivity index (χ1) is 5.89. The summed E-state index contributed by atoms with van der Waals surface area (Å²) in [5.41, 5.74) is 0.222. The lowest BCUT2D eigenvalue weighted by Gasteiger charge is -2.38. The van der Waals surface area contributed by atoms with Crippen LogP contribution >= 0.6 is 0 Å². The molecule has 78 valence electrons. The summed E-state index contributed by atoms with van der Waals surface area (Å²) < 4.78 is 12.5. The molecule has 0 radical (unpaired) electrons. The van der Waals surface area contributed by atoms with Crippen LogP contribution in [0.4, 0.5) is 4.39 Å². The molecule has 1 fully saturated rings. The zero-order valence-corrected chi connectivity index (χ0v) is 9.18. The van der Waals surface area contributed by atoms with Crippen LogP contribution in [0, 0.1) is 0 Å². The van der Waals surface area contributed by atoms with E-state index in [-0.39, 0.29) is 5.54 Å². The van der Waals surface area contributed by atoms with Gasteiger partial charge in [-0.25, -0.2) is 4.39 Å². The highest BCUT2D eigenvalue weighted by atomic mass is 19.1. The molecule has 13 heavy (non-hydrogen) atoms. The second kappa shape index (κ2) is 3.93. The molecule has 0 aliphatic carbocycles. The van der Waals surface area contributed by atoms with Crippen molar-refractivity contribution in [3.63, 3.8) is 0 Å². The summed E-state index contributed by atoms with van der Waals surface area (Å²) in [6, 6.07) is 0. The van der Waals surface area contributed by atoms with Crippen molar-refractivity contribution in [3.05, 3.63) is 0 Å². The molecule has 2 nitrogen and oxygen atoms in total. The average molecular weight is 188 g/mol. The van der Waals surface area contributed by atoms with E-state index in [1.165, 1.54) is 0 Å². The lowest BCUT2D eigenvalue weighted by atomic mass is 10.1. The monoisotopic (exact) mass is 188 g/mol. The van der Waals surface area contributed by atoms with Gasteiger partial charge in [-0.3, -0.25) is 4.90 Å². The third-order valence-corrected chi connectivity index (χ3v) is 2.81. The molecule has 0 unspecified atom stereocenters.